The van der Waals surface area contributed by atoms with Crippen molar-refractivity contribution in [2.24, 2.45) is 0 Å². The molecule has 0 saturated carbocycles. The van der Waals surface area contributed by atoms with E-state index in [0.29, 0.717) is 0 Å². The lowest BCUT2D eigenvalue weighted by Crippen LogP contribution is -2.84. The zero-order valence-electron chi connectivity index (χ0n) is 12.6. The third-order valence-electron chi connectivity index (χ3n) is 4.82. The van der Waals surface area contributed by atoms with Crippen molar-refractivity contribution < 1.29 is 66.9 Å². The number of hydrogen-bond acceptors (Lipinski definition) is 3. The molecule has 4 rings (SSSR count). The number of rotatable bonds is 0. The zero-order chi connectivity index (χ0) is 21.1. The van der Waals surface area contributed by atoms with Gasteiger partial charge in [0.15, 0.2) is 0 Å². The van der Waals surface area contributed by atoms with E-state index in [0.717, 1.165) is 0 Å². The van der Waals surface area contributed by atoms with Crippen molar-refractivity contribution in [2.45, 2.75) is 59.8 Å². The summed E-state index contributed by atoms with van der Waals surface area (Å²) < 4.78 is 173. The summed E-state index contributed by atoms with van der Waals surface area (Å²) >= 11 is 0. The Morgan fingerprint density at radius 2 is 0.963 bits per heavy atom. The van der Waals surface area contributed by atoms with Gasteiger partial charge in [-0.3, -0.25) is 9.47 Å². The van der Waals surface area contributed by atoms with Crippen LogP contribution in [0.4, 0.5) is 52.7 Å². The molecule has 0 spiro atoms. The van der Waals surface area contributed by atoms with Gasteiger partial charge in [0.1, 0.15) is 5.16 Å². The van der Waals surface area contributed by atoms with Gasteiger partial charge in [0.05, 0.1) is 0 Å². The standard InChI is InChI=1S/C11H7F12O3P/c1-27-4(7(12,13)14)2-5(8(15,16)17)24-6(3-4,9(18,19)20)26-11(27,25-5)10(21,22)23/h2-3H2,1H3. The topological polar surface area (TPSA) is 27.7 Å². The average molecular weight is 446 g/mol. The van der Waals surface area contributed by atoms with Crippen LogP contribution in [0.25, 0.3) is 0 Å². The van der Waals surface area contributed by atoms with E-state index in [2.05, 4.69) is 14.2 Å². The summed E-state index contributed by atoms with van der Waals surface area (Å²) in [5.74, 6) is -9.59. The molecule has 16 heteroatoms. The summed E-state index contributed by atoms with van der Waals surface area (Å²) in [6, 6.07) is 0. The fourth-order valence-electron chi connectivity index (χ4n) is 3.54. The van der Waals surface area contributed by atoms with Crippen molar-refractivity contribution >= 4 is 7.92 Å². The SMILES string of the molecule is CP1C2(C(F)(F)F)CC3(C(F)(F)F)OC(C(F)(F)F)(C2)OC1(C(F)(F)F)O3. The van der Waals surface area contributed by atoms with Crippen molar-refractivity contribution in [3.63, 3.8) is 0 Å². The molecule has 4 saturated heterocycles. The maximum Gasteiger partial charge on any atom is 0.447 e. The first-order valence-electron chi connectivity index (χ1n) is 6.80. The Morgan fingerprint density at radius 1 is 0.593 bits per heavy atom. The van der Waals surface area contributed by atoms with Gasteiger partial charge < -0.3 is 4.74 Å². The van der Waals surface area contributed by atoms with Crippen molar-refractivity contribution in [3.05, 3.63) is 0 Å². The van der Waals surface area contributed by atoms with E-state index in [1.807, 2.05) is 0 Å². The Labute approximate surface area is 142 Å². The molecule has 4 heterocycles. The van der Waals surface area contributed by atoms with Crippen LogP contribution in [0.2, 0.25) is 0 Å². The molecule has 0 radical (unpaired) electrons. The zero-order valence-corrected chi connectivity index (χ0v) is 13.5. The largest absolute Gasteiger partial charge is 0.447 e. The third kappa shape index (κ3) is 2.34. The highest BCUT2D eigenvalue weighted by atomic mass is 31.1. The Morgan fingerprint density at radius 3 is 1.22 bits per heavy atom. The number of halogens is 12. The fourth-order valence-corrected chi connectivity index (χ4v) is 6.32. The van der Waals surface area contributed by atoms with Crippen molar-refractivity contribution in [3.8, 4) is 0 Å². The van der Waals surface area contributed by atoms with E-state index in [-0.39, 0.29) is 6.66 Å². The summed E-state index contributed by atoms with van der Waals surface area (Å²) in [5, 5.41) is -4.02. The minimum atomic E-state index is -6.14. The molecule has 4 fully saturated rings. The molecular formula is C11H7F12O3P. The van der Waals surface area contributed by atoms with Crippen LogP contribution in [0.15, 0.2) is 0 Å². The molecule has 0 amide bonds. The molecule has 0 aliphatic carbocycles. The highest BCUT2D eigenvalue weighted by molar-refractivity contribution is 7.60. The van der Waals surface area contributed by atoms with E-state index in [1.54, 1.807) is 0 Å². The van der Waals surface area contributed by atoms with Crippen LogP contribution in [0.5, 0.6) is 0 Å². The van der Waals surface area contributed by atoms with Crippen LogP contribution < -0.4 is 0 Å². The minimum Gasteiger partial charge on any atom is -0.301 e. The van der Waals surface area contributed by atoms with E-state index in [1.165, 1.54) is 0 Å². The molecular weight excluding hydrogens is 439 g/mol. The van der Waals surface area contributed by atoms with Gasteiger partial charge in [-0.25, -0.2) is 0 Å². The Balaban J connectivity index is 2.39. The third-order valence-corrected chi connectivity index (χ3v) is 7.99. The maximum atomic E-state index is 13.7. The van der Waals surface area contributed by atoms with E-state index < -0.39 is 67.7 Å². The molecule has 0 aromatic rings. The first kappa shape index (κ1) is 21.2. The summed E-state index contributed by atoms with van der Waals surface area (Å²) in [4.78, 5) is 0. The smallest absolute Gasteiger partial charge is 0.301 e. The van der Waals surface area contributed by atoms with Gasteiger partial charge in [0.2, 0.25) is 0 Å². The average Bonchev–Trinajstić information content (AvgIpc) is 2.38. The van der Waals surface area contributed by atoms with E-state index in [9.17, 15) is 52.7 Å². The van der Waals surface area contributed by atoms with Gasteiger partial charge in [0.25, 0.3) is 17.1 Å². The summed E-state index contributed by atoms with van der Waals surface area (Å²) in [5.41, 5.74) is -4.77. The van der Waals surface area contributed by atoms with Crippen LogP contribution in [-0.2, 0) is 14.2 Å². The first-order chi connectivity index (χ1) is 11.7. The second kappa shape index (κ2) is 4.96. The second-order valence-corrected chi connectivity index (χ2v) is 8.89. The second-order valence-electron chi connectivity index (χ2n) is 6.33. The lowest BCUT2D eigenvalue weighted by Gasteiger charge is -2.70. The molecule has 0 aromatic heterocycles. The number of ether oxygens (including phenoxy) is 3. The van der Waals surface area contributed by atoms with Gasteiger partial charge in [-0.2, -0.15) is 52.7 Å². The molecule has 27 heavy (non-hydrogen) atoms. The van der Waals surface area contributed by atoms with Crippen molar-refractivity contribution in [2.75, 3.05) is 6.66 Å². The highest BCUT2D eigenvalue weighted by Crippen LogP contribution is 2.83. The first-order valence-corrected chi connectivity index (χ1v) is 8.59. The van der Waals surface area contributed by atoms with Crippen LogP contribution in [-0.4, -0.2) is 53.6 Å². The summed E-state index contributed by atoms with van der Waals surface area (Å²) in [7, 11) is -3.80. The number of hydrogen-bond donors (Lipinski definition) is 0. The van der Waals surface area contributed by atoms with Gasteiger partial charge >= 0.3 is 24.7 Å². The van der Waals surface area contributed by atoms with Gasteiger partial charge in [-0.1, -0.05) is 0 Å². The monoisotopic (exact) mass is 446 g/mol. The predicted octanol–water partition coefficient (Wildman–Crippen LogP) is 5.00. The molecule has 4 aliphatic heterocycles. The predicted molar refractivity (Wildman–Crippen MR) is 60.5 cm³/mol. The molecule has 3 nitrogen and oxygen atoms in total. The quantitative estimate of drug-likeness (QED) is 0.387. The molecule has 4 bridgehead atoms. The summed E-state index contributed by atoms with van der Waals surface area (Å²) in [6.45, 7) is 0.252. The van der Waals surface area contributed by atoms with Gasteiger partial charge in [-0.05, 0) is 14.6 Å². The Kier molecular flexibility index (Phi) is 3.89. The van der Waals surface area contributed by atoms with Crippen LogP contribution in [0, 0.1) is 0 Å². The highest BCUT2D eigenvalue weighted by Gasteiger charge is 2.93. The molecule has 158 valence electrons. The molecule has 0 aromatic carbocycles. The summed E-state index contributed by atoms with van der Waals surface area (Å²) in [6.07, 6.45) is -28.9. The van der Waals surface area contributed by atoms with Crippen molar-refractivity contribution in [1.82, 2.24) is 0 Å². The molecule has 0 N–H and O–H groups in total. The molecule has 4 aliphatic rings. The minimum absolute atomic E-state index is 0.252. The van der Waals surface area contributed by atoms with Crippen LogP contribution >= 0.6 is 7.92 Å². The van der Waals surface area contributed by atoms with Crippen LogP contribution in [0.3, 0.4) is 0 Å². The Bertz CT molecular complexity index is 581. The van der Waals surface area contributed by atoms with Gasteiger partial charge in [0, 0.05) is 12.8 Å². The lowest BCUT2D eigenvalue weighted by molar-refractivity contribution is -0.614. The van der Waals surface area contributed by atoms with E-state index in [4.69, 9.17) is 0 Å². The molecule has 3 unspecified atom stereocenters. The Hall–Kier alpha value is -0.530. The lowest BCUT2D eigenvalue weighted by atomic mass is 9.84. The number of alkyl halides is 12. The molecule has 3 atom stereocenters. The normalized spacial score (nSPS) is 45.4. The fraction of sp³-hybridized carbons (Fsp3) is 1.00. The van der Waals surface area contributed by atoms with E-state index >= 15 is 0 Å². The van der Waals surface area contributed by atoms with Crippen molar-refractivity contribution in [1.29, 1.82) is 0 Å². The van der Waals surface area contributed by atoms with Gasteiger partial charge in [-0.15, -0.1) is 0 Å². The maximum absolute atomic E-state index is 13.7. The van der Waals surface area contributed by atoms with Crippen LogP contribution in [0.1, 0.15) is 12.8 Å².